The van der Waals surface area contributed by atoms with Crippen LogP contribution in [0.25, 0.3) is 10.2 Å². The summed E-state index contributed by atoms with van der Waals surface area (Å²) >= 11 is 0.739. The second-order valence-corrected chi connectivity index (χ2v) is 8.69. The number of thiazole rings is 1. The minimum Gasteiger partial charge on any atom is -0.478 e. The van der Waals surface area contributed by atoms with E-state index in [4.69, 9.17) is 5.73 Å². The normalized spacial score (nSPS) is 18.3. The Kier molecular flexibility index (Phi) is 6.23. The van der Waals surface area contributed by atoms with Crippen LogP contribution in [0.2, 0.25) is 0 Å². The number of carboxylic acids is 1. The van der Waals surface area contributed by atoms with E-state index in [0.717, 1.165) is 34.4 Å². The first-order chi connectivity index (χ1) is 17.1. The predicted molar refractivity (Wildman–Crippen MR) is 118 cm³/mol. The Balaban J connectivity index is 1.79. The molecular weight excluding hydrogens is 536 g/mol. The van der Waals surface area contributed by atoms with E-state index < -0.39 is 42.2 Å². The summed E-state index contributed by atoms with van der Waals surface area (Å²) in [4.78, 5) is 28.9. The molecule has 10 nitrogen and oxygen atoms in total. The van der Waals surface area contributed by atoms with Crippen molar-refractivity contribution in [1.29, 1.82) is 0 Å². The monoisotopic (exact) mass is 551 g/mol. The summed E-state index contributed by atoms with van der Waals surface area (Å²) in [6.07, 6.45) is -12.7. The van der Waals surface area contributed by atoms with E-state index in [2.05, 4.69) is 25.1 Å². The van der Waals surface area contributed by atoms with Crippen LogP contribution in [0.3, 0.4) is 0 Å². The number of amides is 1. The van der Waals surface area contributed by atoms with Crippen LogP contribution in [-0.4, -0.2) is 53.6 Å². The van der Waals surface area contributed by atoms with Crippen molar-refractivity contribution in [1.82, 2.24) is 4.98 Å². The van der Waals surface area contributed by atoms with E-state index in [9.17, 15) is 41.0 Å². The number of hydrogen-bond donors (Lipinski definition) is 4. The standard InChI is InChI=1S/C20H15F6N5O5S/c1-31-12-5-2-8(16(33)34)6-11(12)29-18(31,14(15(27)32)36-20(24,25)26)30-17-28-10-4-3-9(7-13(10)37-17)35-19(21,22)23/h2-7,14,29H,1H3,(H2,27,32)(H,28,30)(H,33,34). The molecule has 5 N–H and O–H groups in total. The number of fused-ring (bicyclic) bond motifs is 2. The van der Waals surface area contributed by atoms with Gasteiger partial charge in [-0.15, -0.1) is 26.3 Å². The number of nitrogens with zero attached hydrogens (tertiary/aromatic N) is 2. The number of alkyl halides is 6. The molecular formula is C20H15F6N5O5S. The molecule has 0 saturated heterocycles. The number of carboxylic acid groups (broad SMARTS) is 1. The molecule has 2 aromatic carbocycles. The molecule has 0 radical (unpaired) electrons. The van der Waals surface area contributed by atoms with Gasteiger partial charge in [0.2, 0.25) is 11.9 Å². The smallest absolute Gasteiger partial charge is 0.478 e. The molecule has 17 heteroatoms. The highest BCUT2D eigenvalue weighted by atomic mass is 32.1. The highest BCUT2D eigenvalue weighted by molar-refractivity contribution is 7.22. The molecule has 3 aromatic rings. The first-order valence-corrected chi connectivity index (χ1v) is 10.8. The van der Waals surface area contributed by atoms with Crippen molar-refractivity contribution in [2.45, 2.75) is 24.6 Å². The molecule has 198 valence electrons. The third kappa shape index (κ3) is 5.26. The van der Waals surface area contributed by atoms with Gasteiger partial charge in [0, 0.05) is 13.1 Å². The third-order valence-electron chi connectivity index (χ3n) is 5.24. The van der Waals surface area contributed by atoms with Crippen LogP contribution in [0.4, 0.5) is 42.8 Å². The lowest BCUT2D eigenvalue weighted by Gasteiger charge is -2.42. The molecule has 1 aliphatic rings. The average molecular weight is 551 g/mol. The Morgan fingerprint density at radius 1 is 1.16 bits per heavy atom. The molecule has 1 amide bonds. The molecule has 1 aromatic heterocycles. The maximum atomic E-state index is 13.3. The molecule has 2 heterocycles. The predicted octanol–water partition coefficient (Wildman–Crippen LogP) is 3.91. The van der Waals surface area contributed by atoms with Crippen molar-refractivity contribution in [3.05, 3.63) is 42.0 Å². The summed E-state index contributed by atoms with van der Waals surface area (Å²) < 4.78 is 85.7. The lowest BCUT2D eigenvalue weighted by Crippen LogP contribution is -2.68. The van der Waals surface area contributed by atoms with Gasteiger partial charge in [0.15, 0.2) is 5.13 Å². The van der Waals surface area contributed by atoms with Crippen molar-refractivity contribution in [2.24, 2.45) is 5.73 Å². The first kappa shape index (κ1) is 26.1. The second-order valence-electron chi connectivity index (χ2n) is 7.65. The zero-order valence-corrected chi connectivity index (χ0v) is 19.1. The van der Waals surface area contributed by atoms with Crippen LogP contribution in [-0.2, 0) is 9.53 Å². The van der Waals surface area contributed by atoms with Crippen molar-refractivity contribution in [2.75, 3.05) is 22.6 Å². The van der Waals surface area contributed by atoms with Gasteiger partial charge in [-0.25, -0.2) is 9.78 Å². The van der Waals surface area contributed by atoms with Crippen LogP contribution in [0, 0.1) is 0 Å². The Hall–Kier alpha value is -3.99. The van der Waals surface area contributed by atoms with E-state index in [-0.39, 0.29) is 32.3 Å². The van der Waals surface area contributed by atoms with Crippen molar-refractivity contribution >= 4 is 49.9 Å². The summed E-state index contributed by atoms with van der Waals surface area (Å²) in [5, 5.41) is 14.4. The molecule has 2 atom stereocenters. The minimum absolute atomic E-state index is 0.0221. The summed E-state index contributed by atoms with van der Waals surface area (Å²) in [6, 6.07) is 6.83. The summed E-state index contributed by atoms with van der Waals surface area (Å²) in [6.45, 7) is 0. The number of carbonyl (C=O) groups excluding carboxylic acids is 1. The molecule has 2 unspecified atom stereocenters. The topological polar surface area (TPSA) is 139 Å². The lowest BCUT2D eigenvalue weighted by molar-refractivity contribution is -0.341. The SMILES string of the molecule is CN1c2ccc(C(=O)O)cc2NC1(Nc1nc2ccc(OC(F)(F)F)cc2s1)C(OC(F)(F)F)C(N)=O. The number of carbonyl (C=O) groups is 2. The highest BCUT2D eigenvalue weighted by Crippen LogP contribution is 2.44. The number of anilines is 3. The van der Waals surface area contributed by atoms with E-state index in [0.29, 0.717) is 0 Å². The van der Waals surface area contributed by atoms with Crippen LogP contribution in [0.1, 0.15) is 10.4 Å². The van der Waals surface area contributed by atoms with Crippen molar-refractivity contribution < 1.29 is 50.5 Å². The minimum atomic E-state index is -5.32. The van der Waals surface area contributed by atoms with E-state index >= 15 is 0 Å². The number of hydrogen-bond acceptors (Lipinski definition) is 9. The number of nitrogens with two attached hydrogens (primary N) is 1. The molecule has 0 bridgehead atoms. The lowest BCUT2D eigenvalue weighted by atomic mass is 10.1. The zero-order valence-electron chi connectivity index (χ0n) is 18.3. The maximum Gasteiger partial charge on any atom is 0.573 e. The first-order valence-electron chi connectivity index (χ1n) is 9.96. The van der Waals surface area contributed by atoms with Gasteiger partial charge in [-0.05, 0) is 30.3 Å². The van der Waals surface area contributed by atoms with Gasteiger partial charge in [0.25, 0.3) is 5.91 Å². The number of primary amides is 1. The molecule has 4 rings (SSSR count). The Bertz CT molecular complexity index is 1380. The third-order valence-corrected chi connectivity index (χ3v) is 6.17. The highest BCUT2D eigenvalue weighted by Gasteiger charge is 2.56. The van der Waals surface area contributed by atoms with Gasteiger partial charge >= 0.3 is 18.7 Å². The molecule has 0 spiro atoms. The molecule has 0 saturated carbocycles. The number of rotatable bonds is 7. The molecule has 0 aliphatic carbocycles. The van der Waals surface area contributed by atoms with Crippen molar-refractivity contribution in [3.8, 4) is 5.75 Å². The van der Waals surface area contributed by atoms with Gasteiger partial charge in [-0.3, -0.25) is 9.53 Å². The number of ether oxygens (including phenoxy) is 2. The van der Waals surface area contributed by atoms with E-state index in [1.807, 2.05) is 0 Å². The number of halogens is 6. The van der Waals surface area contributed by atoms with Gasteiger partial charge in [-0.1, -0.05) is 11.3 Å². The Labute approximate surface area is 206 Å². The number of likely N-dealkylation sites (N-methyl/N-ethyl adjacent to an activating group) is 1. The fraction of sp³-hybridized carbons (Fsp3) is 0.250. The number of benzene rings is 2. The van der Waals surface area contributed by atoms with Crippen LogP contribution >= 0.6 is 11.3 Å². The summed E-state index contributed by atoms with van der Waals surface area (Å²) in [7, 11) is 1.28. The summed E-state index contributed by atoms with van der Waals surface area (Å²) in [5.41, 5.74) is 5.44. The van der Waals surface area contributed by atoms with Gasteiger partial charge in [0.05, 0.1) is 27.2 Å². The Morgan fingerprint density at radius 2 is 1.86 bits per heavy atom. The Morgan fingerprint density at radius 3 is 2.46 bits per heavy atom. The van der Waals surface area contributed by atoms with E-state index in [1.165, 1.54) is 25.2 Å². The molecule has 0 fully saturated rings. The van der Waals surface area contributed by atoms with E-state index in [1.54, 1.807) is 0 Å². The molecule has 37 heavy (non-hydrogen) atoms. The van der Waals surface area contributed by atoms with Crippen LogP contribution < -0.4 is 26.0 Å². The fourth-order valence-electron chi connectivity index (χ4n) is 3.76. The number of aromatic nitrogens is 1. The largest absolute Gasteiger partial charge is 0.573 e. The fourth-order valence-corrected chi connectivity index (χ4v) is 4.72. The average Bonchev–Trinajstić information content (AvgIpc) is 3.27. The summed E-state index contributed by atoms with van der Waals surface area (Å²) in [5.74, 6) is -5.71. The van der Waals surface area contributed by atoms with Gasteiger partial charge in [-0.2, -0.15) is 0 Å². The number of nitrogens with one attached hydrogen (secondary N) is 2. The molecule has 1 aliphatic heterocycles. The van der Waals surface area contributed by atoms with Gasteiger partial charge < -0.3 is 31.1 Å². The maximum absolute atomic E-state index is 13.3. The quantitative estimate of drug-likeness (QED) is 0.322. The van der Waals surface area contributed by atoms with Crippen LogP contribution in [0.15, 0.2) is 36.4 Å². The number of aromatic carboxylic acids is 1. The van der Waals surface area contributed by atoms with Crippen molar-refractivity contribution in [3.63, 3.8) is 0 Å². The second kappa shape index (κ2) is 8.84. The van der Waals surface area contributed by atoms with Crippen LogP contribution in [0.5, 0.6) is 5.75 Å². The van der Waals surface area contributed by atoms with Gasteiger partial charge in [0.1, 0.15) is 5.75 Å². The zero-order chi connectivity index (χ0) is 27.3.